The molecule has 4 nitrogen and oxygen atoms in total. The molecular weight excluding hydrogens is 218 g/mol. The molecule has 1 atom stereocenters. The summed E-state index contributed by atoms with van der Waals surface area (Å²) in [6.07, 6.45) is -2.26. The Morgan fingerprint density at radius 3 is 2.38 bits per heavy atom. The van der Waals surface area contributed by atoms with Gasteiger partial charge in [0.1, 0.15) is 5.54 Å². The van der Waals surface area contributed by atoms with Gasteiger partial charge < -0.3 is 5.32 Å². The Balaban J connectivity index is 2.80. The molecule has 92 valence electrons. The van der Waals surface area contributed by atoms with Crippen LogP contribution in [0.4, 0.5) is 13.6 Å². The van der Waals surface area contributed by atoms with E-state index in [-0.39, 0.29) is 5.92 Å². The second-order valence-corrected chi connectivity index (χ2v) is 4.67. The quantitative estimate of drug-likeness (QED) is 0.751. The van der Waals surface area contributed by atoms with Crippen LogP contribution in [-0.4, -0.2) is 35.3 Å². The Bertz CT molecular complexity index is 307. The van der Waals surface area contributed by atoms with E-state index in [0.29, 0.717) is 11.3 Å². The fourth-order valence-corrected chi connectivity index (χ4v) is 2.01. The van der Waals surface area contributed by atoms with Gasteiger partial charge in [-0.15, -0.1) is 0 Å². The van der Waals surface area contributed by atoms with Gasteiger partial charge in [0.05, 0.1) is 6.54 Å². The van der Waals surface area contributed by atoms with Crippen molar-refractivity contribution in [2.75, 3.05) is 6.54 Å². The number of amides is 3. The van der Waals surface area contributed by atoms with Crippen LogP contribution in [0.2, 0.25) is 0 Å². The van der Waals surface area contributed by atoms with Crippen LogP contribution < -0.4 is 5.32 Å². The number of hydrogen-bond donors (Lipinski definition) is 1. The van der Waals surface area contributed by atoms with E-state index in [4.69, 9.17) is 0 Å². The fourth-order valence-electron chi connectivity index (χ4n) is 2.01. The molecule has 0 radical (unpaired) electrons. The molecule has 1 aliphatic heterocycles. The Morgan fingerprint density at radius 2 is 1.94 bits per heavy atom. The van der Waals surface area contributed by atoms with Crippen molar-refractivity contribution in [1.29, 1.82) is 0 Å². The molecule has 1 heterocycles. The van der Waals surface area contributed by atoms with E-state index in [1.54, 1.807) is 6.92 Å². The van der Waals surface area contributed by atoms with Crippen LogP contribution in [0.25, 0.3) is 0 Å². The summed E-state index contributed by atoms with van der Waals surface area (Å²) in [6, 6.07) is -0.728. The van der Waals surface area contributed by atoms with Crippen LogP contribution in [0.3, 0.4) is 0 Å². The SMILES string of the molecule is CC(C)C[C@]1(C)NC(=O)N(CC(F)F)C1=O. The molecule has 1 rings (SSSR count). The largest absolute Gasteiger partial charge is 0.325 e. The van der Waals surface area contributed by atoms with Crippen LogP contribution in [0.15, 0.2) is 0 Å². The van der Waals surface area contributed by atoms with Crippen LogP contribution in [0.1, 0.15) is 27.2 Å². The Morgan fingerprint density at radius 1 is 1.38 bits per heavy atom. The third-order valence-electron chi connectivity index (χ3n) is 2.48. The minimum atomic E-state index is -2.70. The van der Waals surface area contributed by atoms with E-state index in [2.05, 4.69) is 5.32 Å². The maximum absolute atomic E-state index is 12.2. The Kier molecular flexibility index (Phi) is 3.50. The number of nitrogens with one attached hydrogen (secondary N) is 1. The normalized spacial score (nSPS) is 25.8. The highest BCUT2D eigenvalue weighted by Crippen LogP contribution is 2.25. The lowest BCUT2D eigenvalue weighted by Crippen LogP contribution is -2.45. The van der Waals surface area contributed by atoms with E-state index in [0.717, 1.165) is 0 Å². The second kappa shape index (κ2) is 4.35. The lowest BCUT2D eigenvalue weighted by Gasteiger charge is -2.23. The smallest absolute Gasteiger partial charge is 0.323 e. The number of carbonyl (C=O) groups excluding carboxylic acids is 2. The summed E-state index contributed by atoms with van der Waals surface area (Å²) < 4.78 is 24.3. The summed E-state index contributed by atoms with van der Waals surface area (Å²) in [5.74, 6) is -0.368. The topological polar surface area (TPSA) is 49.4 Å². The van der Waals surface area contributed by atoms with Gasteiger partial charge in [-0.2, -0.15) is 0 Å². The minimum absolute atomic E-state index is 0.195. The first-order valence-corrected chi connectivity index (χ1v) is 5.18. The van der Waals surface area contributed by atoms with Gasteiger partial charge in [-0.3, -0.25) is 9.69 Å². The van der Waals surface area contributed by atoms with Gasteiger partial charge in [-0.05, 0) is 19.3 Å². The molecule has 0 spiro atoms. The van der Waals surface area contributed by atoms with E-state index < -0.39 is 30.4 Å². The molecule has 16 heavy (non-hydrogen) atoms. The average molecular weight is 234 g/mol. The van der Waals surface area contributed by atoms with Gasteiger partial charge in [-0.1, -0.05) is 13.8 Å². The van der Waals surface area contributed by atoms with Crippen molar-refractivity contribution in [3.8, 4) is 0 Å². The van der Waals surface area contributed by atoms with Crippen molar-refractivity contribution >= 4 is 11.9 Å². The zero-order valence-electron chi connectivity index (χ0n) is 9.59. The summed E-state index contributed by atoms with van der Waals surface area (Å²) in [6.45, 7) is 4.54. The molecule has 0 aliphatic carbocycles. The molecule has 0 bridgehead atoms. The van der Waals surface area contributed by atoms with Gasteiger partial charge in [-0.25, -0.2) is 13.6 Å². The number of imide groups is 1. The van der Waals surface area contributed by atoms with E-state index in [1.807, 2.05) is 13.8 Å². The number of rotatable bonds is 4. The van der Waals surface area contributed by atoms with E-state index in [1.165, 1.54) is 0 Å². The Hall–Kier alpha value is -1.20. The van der Waals surface area contributed by atoms with Gasteiger partial charge in [0.25, 0.3) is 12.3 Å². The van der Waals surface area contributed by atoms with Crippen LogP contribution in [0.5, 0.6) is 0 Å². The zero-order valence-corrected chi connectivity index (χ0v) is 9.59. The molecule has 0 saturated carbocycles. The summed E-state index contributed by atoms with van der Waals surface area (Å²) in [5.41, 5.74) is -1.04. The van der Waals surface area contributed by atoms with Crippen molar-refractivity contribution in [1.82, 2.24) is 10.2 Å². The van der Waals surface area contributed by atoms with Crippen molar-refractivity contribution in [2.24, 2.45) is 5.92 Å². The predicted octanol–water partition coefficient (Wildman–Crippen LogP) is 1.61. The molecule has 1 N–H and O–H groups in total. The van der Waals surface area contributed by atoms with Gasteiger partial charge in [0.15, 0.2) is 0 Å². The summed E-state index contributed by atoms with van der Waals surface area (Å²) >= 11 is 0. The standard InChI is InChI=1S/C10H16F2N2O2/c1-6(2)4-10(3)8(15)14(5-7(11)12)9(16)13-10/h6-7H,4-5H2,1-3H3,(H,13,16)/t10-/m0/s1. The predicted molar refractivity (Wildman–Crippen MR) is 54.1 cm³/mol. The summed E-state index contributed by atoms with van der Waals surface area (Å²) in [5, 5.41) is 2.47. The molecule has 1 fully saturated rings. The van der Waals surface area contributed by atoms with E-state index >= 15 is 0 Å². The molecule has 3 amide bonds. The zero-order chi connectivity index (χ0) is 12.5. The molecule has 0 unspecified atom stereocenters. The fraction of sp³-hybridized carbons (Fsp3) is 0.800. The number of carbonyl (C=O) groups is 2. The van der Waals surface area contributed by atoms with Crippen LogP contribution in [0, 0.1) is 5.92 Å². The minimum Gasteiger partial charge on any atom is -0.323 e. The van der Waals surface area contributed by atoms with Crippen molar-refractivity contribution in [3.63, 3.8) is 0 Å². The van der Waals surface area contributed by atoms with Gasteiger partial charge >= 0.3 is 6.03 Å². The third-order valence-corrected chi connectivity index (χ3v) is 2.48. The monoisotopic (exact) mass is 234 g/mol. The first-order valence-electron chi connectivity index (χ1n) is 5.18. The van der Waals surface area contributed by atoms with Gasteiger partial charge in [0, 0.05) is 0 Å². The molecule has 0 aromatic heterocycles. The molecule has 1 saturated heterocycles. The highest BCUT2D eigenvalue weighted by molar-refractivity contribution is 6.06. The third kappa shape index (κ3) is 2.48. The maximum Gasteiger partial charge on any atom is 0.325 e. The summed E-state index contributed by atoms with van der Waals surface area (Å²) in [4.78, 5) is 23.8. The number of nitrogens with zero attached hydrogens (tertiary/aromatic N) is 1. The van der Waals surface area contributed by atoms with Crippen molar-refractivity contribution in [3.05, 3.63) is 0 Å². The number of urea groups is 1. The number of halogens is 2. The first-order chi connectivity index (χ1) is 7.26. The van der Waals surface area contributed by atoms with Crippen LogP contribution in [-0.2, 0) is 4.79 Å². The van der Waals surface area contributed by atoms with Crippen molar-refractivity contribution in [2.45, 2.75) is 39.2 Å². The first kappa shape index (κ1) is 12.9. The molecule has 6 heteroatoms. The molecule has 1 aliphatic rings. The highest BCUT2D eigenvalue weighted by Gasteiger charge is 2.48. The van der Waals surface area contributed by atoms with Gasteiger partial charge in [0.2, 0.25) is 0 Å². The van der Waals surface area contributed by atoms with Crippen molar-refractivity contribution < 1.29 is 18.4 Å². The molecule has 0 aromatic carbocycles. The Labute approximate surface area is 93.0 Å². The lowest BCUT2D eigenvalue weighted by molar-refractivity contribution is -0.132. The highest BCUT2D eigenvalue weighted by atomic mass is 19.3. The lowest BCUT2D eigenvalue weighted by atomic mass is 9.91. The molecular formula is C10H16F2N2O2. The number of alkyl halides is 2. The van der Waals surface area contributed by atoms with E-state index in [9.17, 15) is 18.4 Å². The number of hydrogen-bond acceptors (Lipinski definition) is 2. The average Bonchev–Trinajstić information content (AvgIpc) is 2.27. The summed E-state index contributed by atoms with van der Waals surface area (Å²) in [7, 11) is 0. The maximum atomic E-state index is 12.2. The van der Waals surface area contributed by atoms with Crippen LogP contribution >= 0.6 is 0 Å². The molecule has 0 aromatic rings. The second-order valence-electron chi connectivity index (χ2n) is 4.67.